The Bertz CT molecular complexity index is 773. The van der Waals surface area contributed by atoms with Gasteiger partial charge in [-0.2, -0.15) is 4.98 Å². The van der Waals surface area contributed by atoms with E-state index in [2.05, 4.69) is 20.2 Å². The Kier molecular flexibility index (Phi) is 4.42. The Morgan fingerprint density at radius 3 is 2.48 bits per heavy atom. The zero-order valence-electron chi connectivity index (χ0n) is 12.3. The summed E-state index contributed by atoms with van der Waals surface area (Å²) in [5.74, 6) is 1.27. The lowest BCUT2D eigenvalue weighted by Gasteiger charge is -2.27. The van der Waals surface area contributed by atoms with Gasteiger partial charge in [0, 0.05) is 25.0 Å². The number of nitrogens with one attached hydrogen (secondary N) is 1. The third-order valence-corrected chi connectivity index (χ3v) is 4.34. The van der Waals surface area contributed by atoms with E-state index in [4.69, 9.17) is 9.88 Å². The second-order valence-electron chi connectivity index (χ2n) is 5.03. The molecular formula is C14H17N5O3S. The average molecular weight is 335 g/mol. The van der Waals surface area contributed by atoms with Crippen LogP contribution >= 0.6 is 0 Å². The van der Waals surface area contributed by atoms with Crippen LogP contribution in [-0.2, 0) is 14.8 Å². The molecule has 1 aliphatic heterocycles. The molecule has 1 saturated heterocycles. The van der Waals surface area contributed by atoms with Crippen LogP contribution in [0.3, 0.4) is 0 Å². The van der Waals surface area contributed by atoms with Gasteiger partial charge in [-0.3, -0.25) is 0 Å². The molecule has 0 radical (unpaired) electrons. The number of nitrogens with two attached hydrogens (primary N) is 1. The summed E-state index contributed by atoms with van der Waals surface area (Å²) in [7, 11) is -3.69. The highest BCUT2D eigenvalue weighted by Gasteiger charge is 2.13. The van der Waals surface area contributed by atoms with E-state index in [9.17, 15) is 8.42 Å². The van der Waals surface area contributed by atoms with Crippen LogP contribution in [0.5, 0.6) is 0 Å². The molecule has 122 valence electrons. The fraction of sp³-hybridized carbons (Fsp3) is 0.286. The first-order chi connectivity index (χ1) is 11.0. The molecule has 0 aliphatic carbocycles. The highest BCUT2D eigenvalue weighted by molar-refractivity contribution is 7.89. The summed E-state index contributed by atoms with van der Waals surface area (Å²) in [5.41, 5.74) is 0.677. The summed E-state index contributed by atoms with van der Waals surface area (Å²) in [5, 5.41) is 8.12. The summed E-state index contributed by atoms with van der Waals surface area (Å²) in [4.78, 5) is 10.8. The van der Waals surface area contributed by atoms with E-state index in [-0.39, 0.29) is 4.90 Å². The number of ether oxygens (including phenoxy) is 1. The lowest BCUT2D eigenvalue weighted by atomic mass is 10.3. The number of nitrogens with zero attached hydrogens (tertiary/aromatic N) is 3. The molecule has 0 unspecified atom stereocenters. The Hall–Kier alpha value is -2.23. The zero-order chi connectivity index (χ0) is 16.3. The minimum atomic E-state index is -3.69. The molecule has 1 aliphatic rings. The van der Waals surface area contributed by atoms with E-state index in [1.165, 1.54) is 12.1 Å². The number of sulfonamides is 1. The highest BCUT2D eigenvalue weighted by atomic mass is 32.2. The van der Waals surface area contributed by atoms with Crippen LogP contribution in [0.25, 0.3) is 0 Å². The summed E-state index contributed by atoms with van der Waals surface area (Å²) < 4.78 is 27.8. The first kappa shape index (κ1) is 15.7. The van der Waals surface area contributed by atoms with E-state index in [0.29, 0.717) is 24.8 Å². The third kappa shape index (κ3) is 3.95. The van der Waals surface area contributed by atoms with E-state index in [0.717, 1.165) is 18.9 Å². The molecule has 1 fully saturated rings. The lowest BCUT2D eigenvalue weighted by molar-refractivity contribution is 0.122. The Morgan fingerprint density at radius 2 is 1.83 bits per heavy atom. The summed E-state index contributed by atoms with van der Waals surface area (Å²) in [6.45, 7) is 2.95. The van der Waals surface area contributed by atoms with Crippen LogP contribution in [0.15, 0.2) is 41.4 Å². The lowest BCUT2D eigenvalue weighted by Crippen LogP contribution is -2.36. The predicted octanol–water partition coefficient (Wildman–Crippen LogP) is 0.704. The first-order valence-electron chi connectivity index (χ1n) is 7.08. The molecule has 23 heavy (non-hydrogen) atoms. The second kappa shape index (κ2) is 6.49. The number of hydrogen-bond acceptors (Lipinski definition) is 7. The molecule has 0 spiro atoms. The van der Waals surface area contributed by atoms with Gasteiger partial charge in [-0.1, -0.05) is 0 Å². The Labute approximate surface area is 134 Å². The fourth-order valence-corrected chi connectivity index (χ4v) is 2.75. The topological polar surface area (TPSA) is 110 Å². The van der Waals surface area contributed by atoms with Crippen LogP contribution in [0.4, 0.5) is 17.5 Å². The zero-order valence-corrected chi connectivity index (χ0v) is 13.2. The van der Waals surface area contributed by atoms with E-state index < -0.39 is 10.0 Å². The molecule has 0 bridgehead atoms. The molecule has 2 heterocycles. The SMILES string of the molecule is NS(=O)(=O)c1ccc(Nc2nccc(N3CCOCC3)n2)cc1. The Balaban J connectivity index is 1.75. The molecule has 1 aromatic heterocycles. The minimum absolute atomic E-state index is 0.0611. The van der Waals surface area contributed by atoms with Crippen molar-refractivity contribution in [3.8, 4) is 0 Å². The van der Waals surface area contributed by atoms with Gasteiger partial charge in [0.15, 0.2) is 0 Å². The van der Waals surface area contributed by atoms with Crippen molar-refractivity contribution in [2.45, 2.75) is 4.90 Å². The van der Waals surface area contributed by atoms with Gasteiger partial charge in [0.05, 0.1) is 18.1 Å². The largest absolute Gasteiger partial charge is 0.378 e. The van der Waals surface area contributed by atoms with Gasteiger partial charge in [0.25, 0.3) is 0 Å². The van der Waals surface area contributed by atoms with E-state index >= 15 is 0 Å². The number of benzene rings is 1. The molecule has 8 nitrogen and oxygen atoms in total. The van der Waals surface area contributed by atoms with Crippen molar-refractivity contribution >= 4 is 27.5 Å². The minimum Gasteiger partial charge on any atom is -0.378 e. The molecular weight excluding hydrogens is 318 g/mol. The number of rotatable bonds is 4. The van der Waals surface area contributed by atoms with Gasteiger partial charge in [-0.05, 0) is 30.3 Å². The van der Waals surface area contributed by atoms with E-state index in [1.54, 1.807) is 18.3 Å². The van der Waals surface area contributed by atoms with Gasteiger partial charge in [-0.25, -0.2) is 18.5 Å². The fourth-order valence-electron chi connectivity index (χ4n) is 2.24. The number of anilines is 3. The standard InChI is InChI=1S/C14H17N5O3S/c15-23(20,21)12-3-1-11(2-4-12)17-14-16-6-5-13(18-14)19-7-9-22-10-8-19/h1-6H,7-10H2,(H2,15,20,21)(H,16,17,18). The third-order valence-electron chi connectivity index (χ3n) is 3.41. The van der Waals surface area contributed by atoms with Crippen molar-refractivity contribution < 1.29 is 13.2 Å². The smallest absolute Gasteiger partial charge is 0.238 e. The maximum Gasteiger partial charge on any atom is 0.238 e. The molecule has 0 amide bonds. The summed E-state index contributed by atoms with van der Waals surface area (Å²) in [6, 6.07) is 7.95. The van der Waals surface area contributed by atoms with Crippen molar-refractivity contribution in [2.75, 3.05) is 36.5 Å². The number of hydrogen-bond donors (Lipinski definition) is 2. The van der Waals surface area contributed by atoms with Crippen LogP contribution in [0, 0.1) is 0 Å². The van der Waals surface area contributed by atoms with Crippen molar-refractivity contribution in [3.63, 3.8) is 0 Å². The quantitative estimate of drug-likeness (QED) is 0.846. The highest BCUT2D eigenvalue weighted by Crippen LogP contribution is 2.18. The van der Waals surface area contributed by atoms with Gasteiger partial charge in [0.2, 0.25) is 16.0 Å². The van der Waals surface area contributed by atoms with Crippen molar-refractivity contribution in [1.29, 1.82) is 0 Å². The van der Waals surface area contributed by atoms with Crippen molar-refractivity contribution in [2.24, 2.45) is 5.14 Å². The van der Waals surface area contributed by atoms with Crippen molar-refractivity contribution in [1.82, 2.24) is 9.97 Å². The molecule has 3 rings (SSSR count). The molecule has 0 atom stereocenters. The van der Waals surface area contributed by atoms with Crippen LogP contribution in [-0.4, -0.2) is 44.7 Å². The molecule has 1 aromatic carbocycles. The summed E-state index contributed by atoms with van der Waals surface area (Å²) in [6.07, 6.45) is 1.68. The maximum absolute atomic E-state index is 11.2. The number of aromatic nitrogens is 2. The van der Waals surface area contributed by atoms with Crippen LogP contribution in [0.1, 0.15) is 0 Å². The molecule has 3 N–H and O–H groups in total. The van der Waals surface area contributed by atoms with Gasteiger partial charge < -0.3 is 15.0 Å². The van der Waals surface area contributed by atoms with Gasteiger partial charge in [-0.15, -0.1) is 0 Å². The van der Waals surface area contributed by atoms with Gasteiger partial charge in [0.1, 0.15) is 5.82 Å². The molecule has 2 aromatic rings. The second-order valence-corrected chi connectivity index (χ2v) is 6.59. The molecule has 9 heteroatoms. The Morgan fingerprint density at radius 1 is 1.13 bits per heavy atom. The monoisotopic (exact) mass is 335 g/mol. The van der Waals surface area contributed by atoms with E-state index in [1.807, 2.05) is 6.07 Å². The predicted molar refractivity (Wildman–Crippen MR) is 86.2 cm³/mol. The normalized spacial score (nSPS) is 15.4. The maximum atomic E-state index is 11.2. The first-order valence-corrected chi connectivity index (χ1v) is 8.63. The van der Waals surface area contributed by atoms with Crippen molar-refractivity contribution in [3.05, 3.63) is 36.5 Å². The average Bonchev–Trinajstić information content (AvgIpc) is 2.56. The summed E-state index contributed by atoms with van der Waals surface area (Å²) >= 11 is 0. The number of primary sulfonamides is 1. The molecule has 0 saturated carbocycles. The number of morpholine rings is 1. The van der Waals surface area contributed by atoms with Crippen LogP contribution < -0.4 is 15.4 Å². The van der Waals surface area contributed by atoms with Crippen LogP contribution in [0.2, 0.25) is 0 Å². The van der Waals surface area contributed by atoms with Gasteiger partial charge >= 0.3 is 0 Å².